The van der Waals surface area contributed by atoms with Crippen LogP contribution in [0.15, 0.2) is 42.5 Å². The molecule has 1 unspecified atom stereocenters. The van der Waals surface area contributed by atoms with Crippen molar-refractivity contribution in [2.45, 2.75) is 12.8 Å². The summed E-state index contributed by atoms with van der Waals surface area (Å²) in [7, 11) is 0. The smallest absolute Gasteiger partial charge is 0.283 e. The summed E-state index contributed by atoms with van der Waals surface area (Å²) in [5, 5.41) is 15.0. The number of aromatic nitrogens is 1. The molecule has 25 heavy (non-hydrogen) atoms. The molecule has 3 rings (SSSR count). The van der Waals surface area contributed by atoms with Gasteiger partial charge in [0.2, 0.25) is 0 Å². The van der Waals surface area contributed by atoms with Crippen molar-refractivity contribution in [1.82, 2.24) is 10.3 Å². The summed E-state index contributed by atoms with van der Waals surface area (Å²) in [6, 6.07) is 11.8. The van der Waals surface area contributed by atoms with E-state index < -0.39 is 10.8 Å². The van der Waals surface area contributed by atoms with Crippen molar-refractivity contribution in [2.24, 2.45) is 0 Å². The molecular formula is C17H14ClN3O3S. The van der Waals surface area contributed by atoms with Crippen molar-refractivity contribution >= 4 is 44.7 Å². The van der Waals surface area contributed by atoms with Gasteiger partial charge in [-0.25, -0.2) is 4.98 Å². The minimum Gasteiger partial charge on any atom is -0.351 e. The lowest BCUT2D eigenvalue weighted by Crippen LogP contribution is -2.28. The van der Waals surface area contributed by atoms with Crippen LogP contribution in [0.25, 0.3) is 10.2 Å². The number of halogens is 1. The van der Waals surface area contributed by atoms with Crippen LogP contribution in [0.5, 0.6) is 0 Å². The summed E-state index contributed by atoms with van der Waals surface area (Å²) in [5.74, 6) is -0.510. The van der Waals surface area contributed by atoms with Gasteiger partial charge < -0.3 is 5.32 Å². The van der Waals surface area contributed by atoms with E-state index in [-0.39, 0.29) is 22.2 Å². The molecule has 0 aliphatic carbocycles. The maximum absolute atomic E-state index is 12.3. The molecule has 1 heterocycles. The number of nitro benzene ring substituents is 1. The lowest BCUT2D eigenvalue weighted by molar-refractivity contribution is -0.385. The van der Waals surface area contributed by atoms with Crippen LogP contribution >= 0.6 is 22.9 Å². The molecule has 128 valence electrons. The second kappa shape index (κ2) is 7.16. The molecule has 3 aromatic rings. The van der Waals surface area contributed by atoms with Crippen LogP contribution in [-0.2, 0) is 0 Å². The Morgan fingerprint density at radius 1 is 1.36 bits per heavy atom. The fourth-order valence-corrected chi connectivity index (χ4v) is 3.56. The van der Waals surface area contributed by atoms with E-state index in [1.54, 1.807) is 11.3 Å². The highest BCUT2D eigenvalue weighted by atomic mass is 35.5. The molecule has 0 fully saturated rings. The maximum atomic E-state index is 12.3. The number of fused-ring (bicyclic) bond motifs is 1. The maximum Gasteiger partial charge on any atom is 0.283 e. The number of benzene rings is 2. The molecule has 0 spiro atoms. The van der Waals surface area contributed by atoms with Gasteiger partial charge in [-0.3, -0.25) is 14.9 Å². The highest BCUT2D eigenvalue weighted by Gasteiger charge is 2.21. The number of amides is 1. The molecule has 1 aromatic heterocycles. The molecule has 0 aliphatic rings. The van der Waals surface area contributed by atoms with Gasteiger partial charge in [-0.2, -0.15) is 0 Å². The van der Waals surface area contributed by atoms with Crippen molar-refractivity contribution in [3.63, 3.8) is 0 Å². The van der Waals surface area contributed by atoms with E-state index in [1.807, 2.05) is 31.2 Å². The zero-order chi connectivity index (χ0) is 18.0. The SMILES string of the molecule is CC(CNC(=O)c1ccc(Cl)cc1[N+](=O)[O-])c1nc2ccccc2s1. The quantitative estimate of drug-likeness (QED) is 0.529. The van der Waals surface area contributed by atoms with Crippen LogP contribution in [0.4, 0.5) is 5.69 Å². The van der Waals surface area contributed by atoms with E-state index in [9.17, 15) is 14.9 Å². The predicted octanol–water partition coefficient (Wildman–Crippen LogP) is 4.39. The summed E-state index contributed by atoms with van der Waals surface area (Å²) in [6.45, 7) is 2.28. The average molecular weight is 376 g/mol. The van der Waals surface area contributed by atoms with Crippen LogP contribution in [-0.4, -0.2) is 22.4 Å². The molecule has 0 aliphatic heterocycles. The molecule has 1 amide bonds. The number of hydrogen-bond acceptors (Lipinski definition) is 5. The van der Waals surface area contributed by atoms with Gasteiger partial charge in [0, 0.05) is 23.6 Å². The zero-order valence-corrected chi connectivity index (χ0v) is 14.8. The van der Waals surface area contributed by atoms with Crippen molar-refractivity contribution < 1.29 is 9.72 Å². The first-order chi connectivity index (χ1) is 12.0. The third-order valence-electron chi connectivity index (χ3n) is 3.70. The van der Waals surface area contributed by atoms with Gasteiger partial charge in [-0.15, -0.1) is 11.3 Å². The van der Waals surface area contributed by atoms with Gasteiger partial charge in [0.1, 0.15) is 5.56 Å². The Bertz CT molecular complexity index is 924. The Labute approximate surface area is 152 Å². The number of thiazole rings is 1. The first-order valence-corrected chi connectivity index (χ1v) is 8.72. The van der Waals surface area contributed by atoms with E-state index in [1.165, 1.54) is 18.2 Å². The number of carbonyl (C=O) groups is 1. The van der Waals surface area contributed by atoms with Crippen LogP contribution in [0, 0.1) is 10.1 Å². The lowest BCUT2D eigenvalue weighted by atomic mass is 10.1. The van der Waals surface area contributed by atoms with Crippen molar-refractivity contribution in [3.8, 4) is 0 Å². The Kier molecular flexibility index (Phi) is 4.96. The van der Waals surface area contributed by atoms with E-state index in [4.69, 9.17) is 11.6 Å². The number of hydrogen-bond donors (Lipinski definition) is 1. The molecule has 0 radical (unpaired) electrons. The van der Waals surface area contributed by atoms with Crippen molar-refractivity contribution in [3.05, 3.63) is 68.2 Å². The van der Waals surface area contributed by atoms with Gasteiger partial charge in [0.15, 0.2) is 0 Å². The van der Waals surface area contributed by atoms with Crippen molar-refractivity contribution in [1.29, 1.82) is 0 Å². The van der Waals surface area contributed by atoms with Crippen LogP contribution < -0.4 is 5.32 Å². The monoisotopic (exact) mass is 375 g/mol. The van der Waals surface area contributed by atoms with Gasteiger partial charge in [-0.1, -0.05) is 30.7 Å². The van der Waals surface area contributed by atoms with E-state index in [0.717, 1.165) is 15.2 Å². The fourth-order valence-electron chi connectivity index (χ4n) is 2.38. The minimum atomic E-state index is -0.613. The lowest BCUT2D eigenvalue weighted by Gasteiger charge is -2.10. The Balaban J connectivity index is 1.72. The number of nitrogens with zero attached hydrogens (tertiary/aromatic N) is 2. The standard InChI is InChI=1S/C17H14ClN3O3S/c1-10(17-20-13-4-2-3-5-15(13)25-17)9-19-16(22)12-7-6-11(18)8-14(12)21(23)24/h2-8,10H,9H2,1H3,(H,19,22). The number of carbonyl (C=O) groups excluding carboxylic acids is 1. The summed E-state index contributed by atoms with van der Waals surface area (Å²) in [5.41, 5.74) is 0.609. The molecule has 1 atom stereocenters. The Morgan fingerprint density at radius 2 is 2.12 bits per heavy atom. The Hall–Kier alpha value is -2.51. The van der Waals surface area contributed by atoms with Crippen LogP contribution in [0.1, 0.15) is 28.2 Å². The number of para-hydroxylation sites is 1. The summed E-state index contributed by atoms with van der Waals surface area (Å²) >= 11 is 7.34. The fraction of sp³-hybridized carbons (Fsp3) is 0.176. The molecule has 0 saturated carbocycles. The zero-order valence-electron chi connectivity index (χ0n) is 13.2. The number of rotatable bonds is 5. The Morgan fingerprint density at radius 3 is 2.84 bits per heavy atom. The van der Waals surface area contributed by atoms with Gasteiger partial charge in [-0.05, 0) is 24.3 Å². The van der Waals surface area contributed by atoms with E-state index >= 15 is 0 Å². The first-order valence-electron chi connectivity index (χ1n) is 7.53. The minimum absolute atomic E-state index is 0.00675. The van der Waals surface area contributed by atoms with E-state index in [0.29, 0.717) is 6.54 Å². The highest BCUT2D eigenvalue weighted by molar-refractivity contribution is 7.18. The van der Waals surface area contributed by atoms with Crippen molar-refractivity contribution in [2.75, 3.05) is 6.54 Å². The summed E-state index contributed by atoms with van der Waals surface area (Å²) in [4.78, 5) is 27.4. The third kappa shape index (κ3) is 3.78. The number of nitro groups is 1. The summed E-state index contributed by atoms with van der Waals surface area (Å²) in [6.07, 6.45) is 0. The largest absolute Gasteiger partial charge is 0.351 e. The molecule has 2 aromatic carbocycles. The second-order valence-corrected chi connectivity index (χ2v) is 7.05. The van der Waals surface area contributed by atoms with Crippen LogP contribution in [0.2, 0.25) is 5.02 Å². The first kappa shape index (κ1) is 17.3. The molecule has 1 N–H and O–H groups in total. The van der Waals surface area contributed by atoms with Gasteiger partial charge in [0.05, 0.1) is 20.1 Å². The number of nitrogens with one attached hydrogen (secondary N) is 1. The topological polar surface area (TPSA) is 85.1 Å². The summed E-state index contributed by atoms with van der Waals surface area (Å²) < 4.78 is 1.09. The molecule has 0 bridgehead atoms. The molecule has 8 heteroatoms. The molecular weight excluding hydrogens is 362 g/mol. The van der Waals surface area contributed by atoms with Gasteiger partial charge in [0.25, 0.3) is 11.6 Å². The van der Waals surface area contributed by atoms with Crippen LogP contribution in [0.3, 0.4) is 0 Å². The second-order valence-electron chi connectivity index (χ2n) is 5.55. The predicted molar refractivity (Wildman–Crippen MR) is 98.5 cm³/mol. The average Bonchev–Trinajstić information content (AvgIpc) is 3.03. The third-order valence-corrected chi connectivity index (χ3v) is 5.20. The van der Waals surface area contributed by atoms with E-state index in [2.05, 4.69) is 10.3 Å². The van der Waals surface area contributed by atoms with Gasteiger partial charge >= 0.3 is 0 Å². The highest BCUT2D eigenvalue weighted by Crippen LogP contribution is 2.27. The molecule has 6 nitrogen and oxygen atoms in total. The molecule has 0 saturated heterocycles. The normalized spacial score (nSPS) is 12.1.